The lowest BCUT2D eigenvalue weighted by Crippen LogP contribution is -2.16. The highest BCUT2D eigenvalue weighted by Crippen LogP contribution is 2.23. The fourth-order valence-corrected chi connectivity index (χ4v) is 2.13. The van der Waals surface area contributed by atoms with E-state index in [1.165, 1.54) is 24.5 Å². The summed E-state index contributed by atoms with van der Waals surface area (Å²) in [6.07, 6.45) is 2.99. The first-order valence-corrected chi connectivity index (χ1v) is 5.48. The second kappa shape index (κ2) is 5.46. The van der Waals surface area contributed by atoms with Gasteiger partial charge in [0.1, 0.15) is 0 Å². The maximum absolute atomic E-state index is 11.4. The third kappa shape index (κ3) is 2.93. The molecule has 0 fully saturated rings. The Kier molecular flexibility index (Phi) is 4.25. The van der Waals surface area contributed by atoms with E-state index in [1.54, 1.807) is 19.2 Å². The highest BCUT2D eigenvalue weighted by Gasteiger charge is 2.09. The number of rotatable bonds is 3. The Bertz CT molecular complexity index is 434. The van der Waals surface area contributed by atoms with E-state index in [2.05, 4.69) is 10.1 Å². The summed E-state index contributed by atoms with van der Waals surface area (Å²) in [5, 5.41) is 2.55. The number of hydrogen-bond donors (Lipinski definition) is 1. The van der Waals surface area contributed by atoms with Crippen LogP contribution in [0.3, 0.4) is 0 Å². The third-order valence-electron chi connectivity index (χ3n) is 1.98. The van der Waals surface area contributed by atoms with Crippen molar-refractivity contribution < 1.29 is 14.3 Å². The van der Waals surface area contributed by atoms with Crippen molar-refractivity contribution in [3.63, 3.8) is 0 Å². The number of ether oxygens (including phenoxy) is 1. The first-order chi connectivity index (χ1) is 7.58. The Balaban J connectivity index is 2.90. The van der Waals surface area contributed by atoms with Crippen LogP contribution in [0.4, 0.5) is 0 Å². The van der Waals surface area contributed by atoms with Crippen LogP contribution in [0.2, 0.25) is 0 Å². The Morgan fingerprint density at radius 3 is 2.75 bits per heavy atom. The van der Waals surface area contributed by atoms with Crippen LogP contribution in [0.5, 0.6) is 0 Å². The highest BCUT2D eigenvalue weighted by molar-refractivity contribution is 7.15. The Hall–Kier alpha value is -1.62. The molecule has 0 aliphatic carbocycles. The maximum atomic E-state index is 11.4. The lowest BCUT2D eigenvalue weighted by molar-refractivity contribution is -0.134. The van der Waals surface area contributed by atoms with Crippen LogP contribution in [0.25, 0.3) is 6.08 Å². The fraction of sp³-hybridized carbons (Fsp3) is 0.273. The number of hydrogen-bond acceptors (Lipinski definition) is 4. The van der Waals surface area contributed by atoms with Gasteiger partial charge in [-0.15, -0.1) is 11.3 Å². The van der Waals surface area contributed by atoms with Crippen molar-refractivity contribution in [3.8, 4) is 0 Å². The third-order valence-corrected chi connectivity index (χ3v) is 3.18. The van der Waals surface area contributed by atoms with E-state index >= 15 is 0 Å². The average molecular weight is 239 g/mol. The van der Waals surface area contributed by atoms with Crippen molar-refractivity contribution in [2.45, 2.75) is 6.92 Å². The van der Waals surface area contributed by atoms with Gasteiger partial charge in [-0.3, -0.25) is 4.79 Å². The van der Waals surface area contributed by atoms with Crippen LogP contribution in [-0.2, 0) is 9.53 Å². The highest BCUT2D eigenvalue weighted by atomic mass is 32.1. The largest absolute Gasteiger partial charge is 0.466 e. The molecule has 1 aromatic rings. The standard InChI is InChI=1S/C11H13NO3S/c1-7-6-9(11(14)12-2)16-8(7)4-5-10(13)15-3/h4-6H,1-3H3,(H,12,14)/b5-4+. The van der Waals surface area contributed by atoms with Crippen molar-refractivity contribution in [1.82, 2.24) is 5.32 Å². The predicted molar refractivity (Wildman–Crippen MR) is 63.5 cm³/mol. The zero-order valence-electron chi connectivity index (χ0n) is 9.37. The second-order valence-electron chi connectivity index (χ2n) is 3.09. The Labute approximate surface area is 97.9 Å². The first kappa shape index (κ1) is 12.4. The molecule has 1 heterocycles. The summed E-state index contributed by atoms with van der Waals surface area (Å²) >= 11 is 1.34. The zero-order valence-corrected chi connectivity index (χ0v) is 10.2. The number of thiophene rings is 1. The molecule has 1 rings (SSSR count). The van der Waals surface area contributed by atoms with Crippen LogP contribution in [0.15, 0.2) is 12.1 Å². The molecule has 1 N–H and O–H groups in total. The normalized spacial score (nSPS) is 10.4. The van der Waals surface area contributed by atoms with Crippen molar-refractivity contribution in [1.29, 1.82) is 0 Å². The number of esters is 1. The molecule has 16 heavy (non-hydrogen) atoms. The van der Waals surface area contributed by atoms with Gasteiger partial charge in [0.05, 0.1) is 12.0 Å². The smallest absolute Gasteiger partial charge is 0.330 e. The van der Waals surface area contributed by atoms with Crippen molar-refractivity contribution in [2.24, 2.45) is 0 Å². The molecule has 0 radical (unpaired) electrons. The predicted octanol–water partition coefficient (Wildman–Crippen LogP) is 1.60. The molecule has 86 valence electrons. The number of nitrogens with one attached hydrogen (secondary N) is 1. The molecule has 4 nitrogen and oxygen atoms in total. The fourth-order valence-electron chi connectivity index (χ4n) is 1.11. The quantitative estimate of drug-likeness (QED) is 0.644. The Morgan fingerprint density at radius 2 is 2.19 bits per heavy atom. The van der Waals surface area contributed by atoms with E-state index in [1.807, 2.05) is 6.92 Å². The monoisotopic (exact) mass is 239 g/mol. The van der Waals surface area contributed by atoms with Gasteiger partial charge in [0.2, 0.25) is 0 Å². The van der Waals surface area contributed by atoms with E-state index in [0.717, 1.165) is 10.4 Å². The molecule has 5 heteroatoms. The molecule has 0 aliphatic rings. The van der Waals surface area contributed by atoms with Gasteiger partial charge in [-0.05, 0) is 24.6 Å². The van der Waals surface area contributed by atoms with Crippen molar-refractivity contribution >= 4 is 29.3 Å². The first-order valence-electron chi connectivity index (χ1n) is 4.67. The van der Waals surface area contributed by atoms with E-state index in [9.17, 15) is 9.59 Å². The summed E-state index contributed by atoms with van der Waals surface area (Å²) in [5.74, 6) is -0.528. The topological polar surface area (TPSA) is 55.4 Å². The summed E-state index contributed by atoms with van der Waals surface area (Å²) in [6, 6.07) is 1.79. The van der Waals surface area contributed by atoms with Crippen LogP contribution >= 0.6 is 11.3 Å². The number of aryl methyl sites for hydroxylation is 1. The van der Waals surface area contributed by atoms with Crippen LogP contribution in [0, 0.1) is 6.92 Å². The lowest BCUT2D eigenvalue weighted by Gasteiger charge is -1.91. The molecule has 0 saturated carbocycles. The van der Waals surface area contributed by atoms with E-state index < -0.39 is 5.97 Å². The minimum absolute atomic E-state index is 0.120. The molecule has 0 aliphatic heterocycles. The van der Waals surface area contributed by atoms with E-state index in [-0.39, 0.29) is 5.91 Å². The van der Waals surface area contributed by atoms with Crippen molar-refractivity contribution in [2.75, 3.05) is 14.2 Å². The van der Waals surface area contributed by atoms with Gasteiger partial charge >= 0.3 is 5.97 Å². The van der Waals surface area contributed by atoms with Crippen molar-refractivity contribution in [3.05, 3.63) is 27.5 Å². The summed E-state index contributed by atoms with van der Waals surface area (Å²) in [5.41, 5.74) is 0.962. The average Bonchev–Trinajstić information content (AvgIpc) is 2.66. The molecule has 0 spiro atoms. The molecular weight excluding hydrogens is 226 g/mol. The van der Waals surface area contributed by atoms with Crippen LogP contribution in [-0.4, -0.2) is 26.0 Å². The number of methoxy groups -OCH3 is 1. The van der Waals surface area contributed by atoms with Gasteiger partial charge < -0.3 is 10.1 Å². The molecule has 0 aromatic carbocycles. The summed E-state index contributed by atoms with van der Waals surface area (Å²) in [7, 11) is 2.91. The molecule has 1 amide bonds. The van der Waals surface area contributed by atoms with Gasteiger partial charge in [0, 0.05) is 18.0 Å². The van der Waals surface area contributed by atoms with Crippen LogP contribution in [0.1, 0.15) is 20.1 Å². The second-order valence-corrected chi connectivity index (χ2v) is 4.18. The number of carbonyl (C=O) groups is 2. The van der Waals surface area contributed by atoms with E-state index in [0.29, 0.717) is 4.88 Å². The van der Waals surface area contributed by atoms with Gasteiger partial charge in [-0.2, -0.15) is 0 Å². The minimum atomic E-state index is -0.408. The minimum Gasteiger partial charge on any atom is -0.466 e. The molecule has 0 unspecified atom stereocenters. The summed E-state index contributed by atoms with van der Waals surface area (Å²) in [6.45, 7) is 1.89. The van der Waals surface area contributed by atoms with Gasteiger partial charge in [-0.1, -0.05) is 0 Å². The summed E-state index contributed by atoms with van der Waals surface area (Å²) < 4.78 is 4.49. The van der Waals surface area contributed by atoms with Crippen LogP contribution < -0.4 is 5.32 Å². The van der Waals surface area contributed by atoms with Gasteiger partial charge in [-0.25, -0.2) is 4.79 Å². The molecule has 0 saturated heterocycles. The van der Waals surface area contributed by atoms with Gasteiger partial charge in [0.15, 0.2) is 0 Å². The zero-order chi connectivity index (χ0) is 12.1. The lowest BCUT2D eigenvalue weighted by atomic mass is 10.2. The molecular formula is C11H13NO3S. The molecule has 0 atom stereocenters. The van der Waals surface area contributed by atoms with Gasteiger partial charge in [0.25, 0.3) is 5.91 Å². The molecule has 0 bridgehead atoms. The summed E-state index contributed by atoms with van der Waals surface area (Å²) in [4.78, 5) is 23.8. The number of carbonyl (C=O) groups excluding carboxylic acids is 2. The SMILES string of the molecule is CNC(=O)c1cc(C)c(/C=C/C(=O)OC)s1. The molecule has 1 aromatic heterocycles. The number of amides is 1. The Morgan fingerprint density at radius 1 is 1.50 bits per heavy atom. The van der Waals surface area contributed by atoms with E-state index in [4.69, 9.17) is 0 Å². The maximum Gasteiger partial charge on any atom is 0.330 e.